The molecule has 10 nitrogen and oxygen atoms in total. The van der Waals surface area contributed by atoms with E-state index in [1.165, 1.54) is 16.4 Å². The number of aryl methyl sites for hydroxylation is 1. The van der Waals surface area contributed by atoms with Gasteiger partial charge in [-0.2, -0.15) is 4.68 Å². The molecule has 0 saturated carbocycles. The van der Waals surface area contributed by atoms with E-state index in [-0.39, 0.29) is 11.9 Å². The Bertz CT molecular complexity index is 1020. The maximum Gasteiger partial charge on any atom is 0.264 e. The minimum absolute atomic E-state index is 0.0806. The Balaban J connectivity index is 1.52. The summed E-state index contributed by atoms with van der Waals surface area (Å²) in [6.07, 6.45) is 1.48. The Labute approximate surface area is 196 Å². The van der Waals surface area contributed by atoms with Gasteiger partial charge < -0.3 is 23.7 Å². The van der Waals surface area contributed by atoms with Crippen molar-refractivity contribution >= 4 is 17.7 Å². The highest BCUT2D eigenvalue weighted by Crippen LogP contribution is 2.47. The molecule has 0 bridgehead atoms. The molecule has 0 amide bonds. The maximum absolute atomic E-state index is 13.4. The Kier molecular flexibility index (Phi) is 5.98. The van der Waals surface area contributed by atoms with E-state index in [2.05, 4.69) is 15.0 Å². The third-order valence-corrected chi connectivity index (χ3v) is 7.64. The molecule has 1 aromatic carbocycles. The van der Waals surface area contributed by atoms with Crippen LogP contribution >= 0.6 is 11.8 Å². The van der Waals surface area contributed by atoms with Gasteiger partial charge in [0.05, 0.1) is 40.6 Å². The molecule has 0 aliphatic carbocycles. The number of methoxy groups -OCH3 is 3. The van der Waals surface area contributed by atoms with Gasteiger partial charge in [0.25, 0.3) is 5.91 Å². The Hall–Kier alpha value is -2.34. The van der Waals surface area contributed by atoms with Crippen LogP contribution in [0.25, 0.3) is 0 Å². The monoisotopic (exact) mass is 476 g/mol. The number of ether oxygens (including phenoxy) is 5. The Morgan fingerprint density at radius 2 is 1.73 bits per heavy atom. The molecule has 3 aliphatic heterocycles. The fourth-order valence-corrected chi connectivity index (χ4v) is 6.18. The fraction of sp³-hybridized carbons (Fsp3) is 0.591. The second-order valence-corrected chi connectivity index (χ2v) is 9.39. The Morgan fingerprint density at radius 1 is 1.09 bits per heavy atom. The zero-order valence-electron chi connectivity index (χ0n) is 19.2. The van der Waals surface area contributed by atoms with Crippen LogP contribution in [0.3, 0.4) is 0 Å². The third-order valence-electron chi connectivity index (χ3n) is 6.45. The summed E-state index contributed by atoms with van der Waals surface area (Å²) in [5, 5.41) is 4.51. The molecule has 33 heavy (non-hydrogen) atoms. The lowest BCUT2D eigenvalue weighted by molar-refractivity contribution is -0.187. The van der Waals surface area contributed by atoms with E-state index in [4.69, 9.17) is 23.7 Å². The Morgan fingerprint density at radius 3 is 2.27 bits per heavy atom. The molecular formula is C22H28N4O6S. The molecule has 11 heteroatoms. The standard InChI is InChI=1S/C22H28N4O6S/c1-13-23-21-26(24-13)20(27)19(33-21)17(25-7-5-22(6-8-25)31-9-10-32-22)14-11-15(28-2)18(30-4)16(12-14)29-3/h11-12,17,19H,5-10H2,1-4H3. The largest absolute Gasteiger partial charge is 0.493 e. The molecule has 3 aliphatic rings. The number of carbonyl (C=O) groups excluding carboxylic acids is 1. The van der Waals surface area contributed by atoms with Crippen molar-refractivity contribution in [3.05, 3.63) is 23.5 Å². The molecule has 4 heterocycles. The van der Waals surface area contributed by atoms with Gasteiger partial charge in [-0.15, -0.1) is 5.10 Å². The first-order valence-corrected chi connectivity index (χ1v) is 11.8. The summed E-state index contributed by atoms with van der Waals surface area (Å²) < 4.78 is 30.0. The van der Waals surface area contributed by atoms with Crippen LogP contribution in [0.5, 0.6) is 17.2 Å². The average molecular weight is 477 g/mol. The van der Waals surface area contributed by atoms with Crippen LogP contribution in [0.2, 0.25) is 0 Å². The number of likely N-dealkylation sites (tertiary alicyclic amines) is 1. The molecule has 1 aromatic heterocycles. The number of hydrogen-bond donors (Lipinski definition) is 0. The first kappa shape index (κ1) is 22.5. The predicted octanol–water partition coefficient (Wildman–Crippen LogP) is 2.31. The van der Waals surface area contributed by atoms with Crippen molar-refractivity contribution in [3.8, 4) is 17.2 Å². The van der Waals surface area contributed by atoms with E-state index < -0.39 is 11.0 Å². The van der Waals surface area contributed by atoms with Crippen molar-refractivity contribution in [1.82, 2.24) is 19.7 Å². The highest BCUT2D eigenvalue weighted by atomic mass is 32.2. The SMILES string of the molecule is COc1cc(C(C2Sc3nc(C)nn3C2=O)N2CCC3(CC2)OCCO3)cc(OC)c1OC. The zero-order valence-corrected chi connectivity index (χ0v) is 20.0. The molecule has 0 radical (unpaired) electrons. The van der Waals surface area contributed by atoms with E-state index >= 15 is 0 Å². The van der Waals surface area contributed by atoms with Gasteiger partial charge in [-0.1, -0.05) is 11.8 Å². The molecular weight excluding hydrogens is 448 g/mol. The van der Waals surface area contributed by atoms with E-state index in [0.29, 0.717) is 41.4 Å². The summed E-state index contributed by atoms with van der Waals surface area (Å²) in [4.78, 5) is 20.2. The highest BCUT2D eigenvalue weighted by molar-refractivity contribution is 8.00. The quantitative estimate of drug-likeness (QED) is 0.618. The minimum atomic E-state index is -0.505. The van der Waals surface area contributed by atoms with Crippen LogP contribution in [-0.2, 0) is 9.47 Å². The molecule has 2 aromatic rings. The van der Waals surface area contributed by atoms with Gasteiger partial charge in [0.15, 0.2) is 22.4 Å². The van der Waals surface area contributed by atoms with Crippen LogP contribution in [0.1, 0.15) is 35.1 Å². The lowest BCUT2D eigenvalue weighted by Gasteiger charge is -2.42. The van der Waals surface area contributed by atoms with Gasteiger partial charge in [-0.25, -0.2) is 4.98 Å². The summed E-state index contributed by atoms with van der Waals surface area (Å²) in [5.74, 6) is 1.62. The highest BCUT2D eigenvalue weighted by Gasteiger charge is 2.47. The number of piperidine rings is 1. The smallest absolute Gasteiger partial charge is 0.264 e. The molecule has 0 N–H and O–H groups in total. The van der Waals surface area contributed by atoms with Crippen molar-refractivity contribution in [3.63, 3.8) is 0 Å². The summed E-state index contributed by atoms with van der Waals surface area (Å²) in [7, 11) is 4.76. The molecule has 178 valence electrons. The van der Waals surface area contributed by atoms with Gasteiger partial charge in [0, 0.05) is 25.9 Å². The normalized spacial score (nSPS) is 23.0. The van der Waals surface area contributed by atoms with Gasteiger partial charge in [0.1, 0.15) is 11.1 Å². The average Bonchev–Trinajstić information content (AvgIpc) is 3.51. The van der Waals surface area contributed by atoms with Crippen molar-refractivity contribution in [2.24, 2.45) is 0 Å². The summed E-state index contributed by atoms with van der Waals surface area (Å²) in [6, 6.07) is 3.60. The molecule has 2 fully saturated rings. The fourth-order valence-electron chi connectivity index (χ4n) is 4.88. The molecule has 2 unspecified atom stereocenters. The number of thioether (sulfide) groups is 1. The van der Waals surface area contributed by atoms with Crippen LogP contribution in [0.15, 0.2) is 17.3 Å². The number of aromatic nitrogens is 3. The molecule has 2 atom stereocenters. The second-order valence-electron chi connectivity index (χ2n) is 8.28. The first-order chi connectivity index (χ1) is 16.0. The first-order valence-electron chi connectivity index (χ1n) is 10.9. The summed E-state index contributed by atoms with van der Waals surface area (Å²) in [5.41, 5.74) is 0.905. The zero-order chi connectivity index (χ0) is 23.2. The number of benzene rings is 1. The van der Waals surface area contributed by atoms with E-state index in [0.717, 1.165) is 31.5 Å². The van der Waals surface area contributed by atoms with Gasteiger partial charge in [-0.05, 0) is 24.6 Å². The summed E-state index contributed by atoms with van der Waals surface area (Å²) >= 11 is 1.45. The number of hydrogen-bond acceptors (Lipinski definition) is 10. The number of nitrogens with zero attached hydrogens (tertiary/aromatic N) is 4. The van der Waals surface area contributed by atoms with Gasteiger partial charge in [-0.3, -0.25) is 9.69 Å². The molecule has 5 rings (SSSR count). The van der Waals surface area contributed by atoms with Crippen molar-refractivity contribution < 1.29 is 28.5 Å². The van der Waals surface area contributed by atoms with Gasteiger partial charge in [0.2, 0.25) is 5.75 Å². The minimum Gasteiger partial charge on any atom is -0.493 e. The second kappa shape index (κ2) is 8.79. The van der Waals surface area contributed by atoms with Crippen LogP contribution in [-0.4, -0.2) is 84.2 Å². The lowest BCUT2D eigenvalue weighted by atomic mass is 9.95. The van der Waals surface area contributed by atoms with Gasteiger partial charge >= 0.3 is 0 Å². The number of fused-ring (bicyclic) bond motifs is 1. The van der Waals surface area contributed by atoms with E-state index in [1.807, 2.05) is 12.1 Å². The topological polar surface area (TPSA) is 97.2 Å². The maximum atomic E-state index is 13.4. The van der Waals surface area contributed by atoms with E-state index in [1.54, 1.807) is 28.3 Å². The number of rotatable bonds is 6. The van der Waals surface area contributed by atoms with Crippen LogP contribution < -0.4 is 14.2 Å². The lowest BCUT2D eigenvalue weighted by Crippen LogP contribution is -2.49. The van der Waals surface area contributed by atoms with Crippen molar-refractivity contribution in [2.75, 3.05) is 47.6 Å². The van der Waals surface area contributed by atoms with Crippen molar-refractivity contribution in [1.29, 1.82) is 0 Å². The summed E-state index contributed by atoms with van der Waals surface area (Å²) in [6.45, 7) is 4.48. The van der Waals surface area contributed by atoms with Crippen molar-refractivity contribution in [2.45, 2.75) is 42.0 Å². The third kappa shape index (κ3) is 3.86. The van der Waals surface area contributed by atoms with E-state index in [9.17, 15) is 4.79 Å². The molecule has 1 spiro atoms. The van der Waals surface area contributed by atoms with Crippen LogP contribution in [0.4, 0.5) is 0 Å². The molecule has 2 saturated heterocycles. The van der Waals surface area contributed by atoms with Crippen LogP contribution in [0, 0.1) is 6.92 Å². The predicted molar refractivity (Wildman–Crippen MR) is 119 cm³/mol. The number of carbonyl (C=O) groups is 1.